The normalized spacial score (nSPS) is 16.4. The number of carbonyl (C=O) groups excluding carboxylic acids is 1. The van der Waals surface area contributed by atoms with Gasteiger partial charge in [0, 0.05) is 6.92 Å². The number of rotatable bonds is 5. The van der Waals surface area contributed by atoms with Crippen molar-refractivity contribution in [2.45, 2.75) is 31.3 Å². The molecule has 0 aromatic carbocycles. The summed E-state index contributed by atoms with van der Waals surface area (Å²) in [4.78, 5) is 18.9. The van der Waals surface area contributed by atoms with Crippen LogP contribution in [-0.4, -0.2) is 73.9 Å². The Kier molecular flexibility index (Phi) is 16.2. The number of carboxylic acid groups (broad SMARTS) is 1. The van der Waals surface area contributed by atoms with E-state index in [1.54, 1.807) is 0 Å². The molecule has 6 N–H and O–H groups in total. The average Bonchev–Trinajstić information content (AvgIpc) is 2.24. The summed E-state index contributed by atoms with van der Waals surface area (Å²) in [5.74, 6) is -0.833. The van der Waals surface area contributed by atoms with E-state index in [0.717, 1.165) is 6.92 Å². The van der Waals surface area contributed by atoms with E-state index in [9.17, 15) is 4.79 Å². The maximum absolute atomic E-state index is 9.90. The van der Waals surface area contributed by atoms with Crippen LogP contribution < -0.4 is 29.6 Å². The molecule has 4 unspecified atom stereocenters. The van der Waals surface area contributed by atoms with Gasteiger partial charge in [-0.1, -0.05) is 0 Å². The number of carboxylic acids is 1. The molecule has 0 aliphatic carbocycles. The standard InChI is InChI=1S/C6H12O6.C2H4O2.Na.H/c7-1-3(9)5(11)6(12)4(10)2-8;1-2(3)4;;/h1,3-6,8-12H,2H2;1H3,(H,3,4);;/q;;+1;-1. The number of aliphatic hydroxyl groups is 5. The first-order valence-corrected chi connectivity index (χ1v) is 4.25. The number of aliphatic hydroxyl groups excluding tert-OH is 5. The van der Waals surface area contributed by atoms with E-state index in [-0.39, 0.29) is 37.3 Å². The molecule has 4 atom stereocenters. The van der Waals surface area contributed by atoms with E-state index in [1.807, 2.05) is 0 Å². The minimum Gasteiger partial charge on any atom is -1.00 e. The molecule has 0 radical (unpaired) electrons. The van der Waals surface area contributed by atoms with Crippen LogP contribution in [0.4, 0.5) is 0 Å². The monoisotopic (exact) mass is 264 g/mol. The Labute approximate surface area is 121 Å². The van der Waals surface area contributed by atoms with Gasteiger partial charge in [0.05, 0.1) is 6.61 Å². The van der Waals surface area contributed by atoms with Crippen molar-refractivity contribution in [3.8, 4) is 0 Å². The van der Waals surface area contributed by atoms with E-state index in [2.05, 4.69) is 0 Å². The summed E-state index contributed by atoms with van der Waals surface area (Å²) >= 11 is 0. The summed E-state index contributed by atoms with van der Waals surface area (Å²) in [6.45, 7) is 0.323. The molecule has 9 heteroatoms. The van der Waals surface area contributed by atoms with Gasteiger partial charge >= 0.3 is 29.6 Å². The van der Waals surface area contributed by atoms with Crippen LogP contribution in [0, 0.1) is 0 Å². The third-order valence-corrected chi connectivity index (χ3v) is 1.42. The number of carbonyl (C=O) groups is 2. The van der Waals surface area contributed by atoms with Gasteiger partial charge in [-0.3, -0.25) is 4.79 Å². The van der Waals surface area contributed by atoms with Crippen molar-refractivity contribution >= 4 is 12.3 Å². The summed E-state index contributed by atoms with van der Waals surface area (Å²) in [6.07, 6.45) is -6.84. The molecule has 0 heterocycles. The van der Waals surface area contributed by atoms with Gasteiger partial charge in [0.2, 0.25) is 0 Å². The molecule has 98 valence electrons. The third kappa shape index (κ3) is 12.2. The van der Waals surface area contributed by atoms with Crippen LogP contribution in [0.25, 0.3) is 0 Å². The Balaban J connectivity index is -0.000000143. The average molecular weight is 264 g/mol. The van der Waals surface area contributed by atoms with Crippen LogP contribution in [-0.2, 0) is 9.59 Å². The molecular formula is C8H17NaO8. The Bertz CT molecular complexity index is 213. The van der Waals surface area contributed by atoms with Crippen LogP contribution in [0.1, 0.15) is 8.35 Å². The smallest absolute Gasteiger partial charge is 1.00 e. The molecule has 0 rings (SSSR count). The van der Waals surface area contributed by atoms with Crippen LogP contribution in [0.3, 0.4) is 0 Å². The van der Waals surface area contributed by atoms with Gasteiger partial charge in [0.1, 0.15) is 24.4 Å². The topological polar surface area (TPSA) is 156 Å². The van der Waals surface area contributed by atoms with Gasteiger partial charge in [-0.15, -0.1) is 0 Å². The fraction of sp³-hybridized carbons (Fsp3) is 0.750. The number of aldehydes is 1. The van der Waals surface area contributed by atoms with Crippen molar-refractivity contribution in [3.05, 3.63) is 0 Å². The van der Waals surface area contributed by atoms with Gasteiger partial charge in [-0.25, -0.2) is 0 Å². The van der Waals surface area contributed by atoms with Gasteiger partial charge < -0.3 is 36.9 Å². The minimum atomic E-state index is -1.79. The second-order valence-electron chi connectivity index (χ2n) is 2.88. The van der Waals surface area contributed by atoms with Crippen LogP contribution in [0.2, 0.25) is 0 Å². The van der Waals surface area contributed by atoms with Gasteiger partial charge in [0.25, 0.3) is 5.97 Å². The number of hydrogen-bond acceptors (Lipinski definition) is 7. The van der Waals surface area contributed by atoms with Gasteiger partial charge in [-0.05, 0) is 0 Å². The van der Waals surface area contributed by atoms with Crippen LogP contribution >= 0.6 is 0 Å². The van der Waals surface area contributed by atoms with E-state index >= 15 is 0 Å². The van der Waals surface area contributed by atoms with Crippen molar-refractivity contribution < 1.29 is 71.2 Å². The Hall–Kier alpha value is -0.0600. The second kappa shape index (κ2) is 12.4. The van der Waals surface area contributed by atoms with Crippen molar-refractivity contribution in [3.63, 3.8) is 0 Å². The quantitative estimate of drug-likeness (QED) is 0.211. The Morgan fingerprint density at radius 2 is 1.59 bits per heavy atom. The van der Waals surface area contributed by atoms with Gasteiger partial charge in [-0.2, -0.15) is 0 Å². The maximum atomic E-state index is 9.90. The van der Waals surface area contributed by atoms with E-state index in [4.69, 9.17) is 35.4 Å². The summed E-state index contributed by atoms with van der Waals surface area (Å²) in [6, 6.07) is 0. The predicted octanol–water partition coefficient (Wildman–Crippen LogP) is -6.17. The molecule has 0 spiro atoms. The molecule has 0 saturated carbocycles. The van der Waals surface area contributed by atoms with E-state index in [0.29, 0.717) is 0 Å². The molecule has 0 bridgehead atoms. The molecule has 0 amide bonds. The first-order chi connectivity index (χ1) is 7.27. The third-order valence-electron chi connectivity index (χ3n) is 1.42. The fourth-order valence-corrected chi connectivity index (χ4v) is 0.618. The Morgan fingerprint density at radius 3 is 1.82 bits per heavy atom. The van der Waals surface area contributed by atoms with Crippen LogP contribution in [0.15, 0.2) is 0 Å². The zero-order valence-corrected chi connectivity index (χ0v) is 11.6. The number of aliphatic carboxylic acids is 1. The van der Waals surface area contributed by atoms with Crippen LogP contribution in [0.5, 0.6) is 0 Å². The van der Waals surface area contributed by atoms with Gasteiger partial charge in [0.15, 0.2) is 6.29 Å². The molecule has 0 saturated heterocycles. The second-order valence-corrected chi connectivity index (χ2v) is 2.88. The number of hydrogen-bond donors (Lipinski definition) is 6. The van der Waals surface area contributed by atoms with E-state index in [1.165, 1.54) is 0 Å². The molecule has 0 aromatic rings. The summed E-state index contributed by atoms with van der Waals surface area (Å²) in [7, 11) is 0. The molecule has 8 nitrogen and oxygen atoms in total. The predicted molar refractivity (Wildman–Crippen MR) is 51.6 cm³/mol. The molecule has 0 aromatic heterocycles. The summed E-state index contributed by atoms with van der Waals surface area (Å²) in [5, 5.41) is 51.0. The Morgan fingerprint density at radius 1 is 1.24 bits per heavy atom. The summed E-state index contributed by atoms with van der Waals surface area (Å²) < 4.78 is 0. The van der Waals surface area contributed by atoms with Crippen molar-refractivity contribution in [1.82, 2.24) is 0 Å². The molecule has 0 aliphatic heterocycles. The molecular weight excluding hydrogens is 247 g/mol. The fourth-order valence-electron chi connectivity index (χ4n) is 0.618. The molecule has 0 aliphatic rings. The molecule has 0 fully saturated rings. The zero-order chi connectivity index (χ0) is 13.3. The van der Waals surface area contributed by atoms with Crippen molar-refractivity contribution in [2.75, 3.05) is 6.61 Å². The minimum absolute atomic E-state index is 0. The first kappa shape index (κ1) is 22.1. The largest absolute Gasteiger partial charge is 1.00 e. The zero-order valence-electron chi connectivity index (χ0n) is 10.6. The SMILES string of the molecule is CC(=O)O.O=CC(O)C(O)C(O)C(O)CO.[H-].[Na+]. The van der Waals surface area contributed by atoms with Crippen molar-refractivity contribution in [1.29, 1.82) is 0 Å². The first-order valence-electron chi connectivity index (χ1n) is 4.25. The maximum Gasteiger partial charge on any atom is 1.00 e. The molecule has 17 heavy (non-hydrogen) atoms. The van der Waals surface area contributed by atoms with Crippen molar-refractivity contribution in [2.24, 2.45) is 0 Å². The summed E-state index contributed by atoms with van der Waals surface area (Å²) in [5.41, 5.74) is 0. The van der Waals surface area contributed by atoms with E-state index < -0.39 is 37.0 Å².